The predicted molar refractivity (Wildman–Crippen MR) is 74.2 cm³/mol. The second kappa shape index (κ2) is 11.6. The third kappa shape index (κ3) is 22.0. The summed E-state index contributed by atoms with van der Waals surface area (Å²) in [6.45, 7) is 14.0. The zero-order valence-corrected chi connectivity index (χ0v) is 18.5. The van der Waals surface area contributed by atoms with E-state index in [2.05, 4.69) is 57.9 Å². The molecule has 0 aromatic rings. The average molecular weight is 385 g/mol. The van der Waals surface area contributed by atoms with E-state index in [1.165, 1.54) is 6.42 Å². The van der Waals surface area contributed by atoms with Gasteiger partial charge in [-0.15, -0.1) is 5.73 Å². The first-order valence-corrected chi connectivity index (χ1v) is 9.69. The van der Waals surface area contributed by atoms with Gasteiger partial charge in [0.15, 0.2) is 0 Å². The van der Waals surface area contributed by atoms with Crippen molar-refractivity contribution in [2.24, 2.45) is 0 Å². The largest absolute Gasteiger partial charge is 1.00 e. The molecule has 0 heterocycles. The first-order chi connectivity index (χ1) is 7.21. The summed E-state index contributed by atoms with van der Waals surface area (Å²) in [5.74, 6) is 0. The summed E-state index contributed by atoms with van der Waals surface area (Å²) < 4.78 is 5.65. The van der Waals surface area contributed by atoms with E-state index < -0.39 is 8.07 Å². The van der Waals surface area contributed by atoms with Crippen LogP contribution in [0.3, 0.4) is 0 Å². The zero-order valence-electron chi connectivity index (χ0n) is 12.9. The molecule has 0 rings (SSSR count). The summed E-state index contributed by atoms with van der Waals surface area (Å²) in [7, 11) is -1.17. The molecule has 0 aromatic carbocycles. The molecule has 1 radical (unpaired) electrons. The second-order valence-electron chi connectivity index (χ2n) is 6.18. The van der Waals surface area contributed by atoms with Crippen LogP contribution in [0.1, 0.15) is 40.0 Å². The van der Waals surface area contributed by atoms with Crippen LogP contribution < -0.4 is 17.0 Å². The summed E-state index contributed by atoms with van der Waals surface area (Å²) in [5, 5.41) is 0. The molecular formula is C14H27BrOSiZn-. The van der Waals surface area contributed by atoms with Gasteiger partial charge in [0.05, 0.1) is 13.7 Å². The Morgan fingerprint density at radius 2 is 1.67 bits per heavy atom. The van der Waals surface area contributed by atoms with E-state index in [0.717, 1.165) is 19.4 Å². The summed E-state index contributed by atoms with van der Waals surface area (Å²) in [6.07, 6.45) is 5.50. The Labute approximate surface area is 138 Å². The molecule has 0 aliphatic rings. The fourth-order valence-corrected chi connectivity index (χ4v) is 1.60. The monoisotopic (exact) mass is 382 g/mol. The molecule has 0 saturated carbocycles. The van der Waals surface area contributed by atoms with E-state index in [0.29, 0.717) is 0 Å². The molecule has 0 saturated heterocycles. The maximum absolute atomic E-state index is 5.65. The predicted octanol–water partition coefficient (Wildman–Crippen LogP) is 1.37. The normalized spacial score (nSPS) is 10.8. The third-order valence-corrected chi connectivity index (χ3v) is 2.72. The van der Waals surface area contributed by atoms with Crippen LogP contribution in [0.4, 0.5) is 0 Å². The second-order valence-corrected chi connectivity index (χ2v) is 10.9. The standard InChI is InChI=1S/C14H27OSi.BrH.Zn/c1-14(2,3)15-12-10-8-7-9-11-13-16(4,5)6;;/h9H,7-8,10,12H2,1-6H3;1H;/p-1. The minimum Gasteiger partial charge on any atom is -1.00 e. The van der Waals surface area contributed by atoms with E-state index in [4.69, 9.17) is 4.74 Å². The minimum absolute atomic E-state index is 0. The first kappa shape index (κ1) is 23.9. The van der Waals surface area contributed by atoms with Crippen LogP contribution >= 0.6 is 0 Å². The number of hydrogen-bond acceptors (Lipinski definition) is 1. The van der Waals surface area contributed by atoms with Crippen molar-refractivity contribution in [3.8, 4) is 0 Å². The van der Waals surface area contributed by atoms with Crippen LogP contribution in [0.25, 0.3) is 0 Å². The molecule has 103 valence electrons. The molecule has 0 N–H and O–H groups in total. The molecule has 0 aromatic heterocycles. The van der Waals surface area contributed by atoms with Gasteiger partial charge in [0, 0.05) is 26.1 Å². The fourth-order valence-electron chi connectivity index (χ4n) is 1.07. The van der Waals surface area contributed by atoms with Gasteiger partial charge in [-0.2, -0.15) is 0 Å². The van der Waals surface area contributed by atoms with Crippen molar-refractivity contribution < 1.29 is 41.2 Å². The SMILES string of the molecule is CC(C)(C)OCCCCC=C=[C][Si](C)(C)C.[Br-].[Zn]. The Morgan fingerprint density at radius 3 is 2.11 bits per heavy atom. The van der Waals surface area contributed by atoms with Gasteiger partial charge in [0.2, 0.25) is 0 Å². The molecule has 0 fully saturated rings. The van der Waals surface area contributed by atoms with Crippen LogP contribution in [-0.2, 0) is 24.2 Å². The molecular weight excluding hydrogens is 358 g/mol. The number of unbranched alkanes of at least 4 members (excludes halogenated alkanes) is 2. The van der Waals surface area contributed by atoms with Gasteiger partial charge >= 0.3 is 0 Å². The fraction of sp³-hybridized carbons (Fsp3) is 0.786. The maximum atomic E-state index is 5.65. The number of ether oxygens (including phenoxy) is 1. The molecule has 0 bridgehead atoms. The first-order valence-electron chi connectivity index (χ1n) is 6.19. The number of hydrogen-bond donors (Lipinski definition) is 0. The Balaban J connectivity index is -0.00000112. The molecule has 1 nitrogen and oxygen atoms in total. The van der Waals surface area contributed by atoms with E-state index in [1.54, 1.807) is 0 Å². The van der Waals surface area contributed by atoms with Crippen LogP contribution in [0.2, 0.25) is 19.6 Å². The number of rotatable bonds is 6. The molecule has 0 aliphatic carbocycles. The number of halogens is 1. The van der Waals surface area contributed by atoms with E-state index in [1.807, 2.05) is 0 Å². The summed E-state index contributed by atoms with van der Waals surface area (Å²) in [6, 6.07) is 0. The van der Waals surface area contributed by atoms with Gasteiger partial charge < -0.3 is 21.7 Å². The average Bonchev–Trinajstić information content (AvgIpc) is 2.06. The van der Waals surface area contributed by atoms with E-state index >= 15 is 0 Å². The van der Waals surface area contributed by atoms with Gasteiger partial charge in [-0.05, 0) is 51.8 Å². The van der Waals surface area contributed by atoms with E-state index in [-0.39, 0.29) is 42.1 Å². The van der Waals surface area contributed by atoms with Crippen molar-refractivity contribution in [2.75, 3.05) is 6.61 Å². The Bertz CT molecular complexity index is 248. The Kier molecular flexibility index (Phi) is 15.4. The van der Waals surface area contributed by atoms with Crippen LogP contribution in [0.15, 0.2) is 11.8 Å². The number of allylic oxidation sites excluding steroid dienone is 1. The Morgan fingerprint density at radius 1 is 1.11 bits per heavy atom. The minimum atomic E-state index is -1.17. The molecule has 0 atom stereocenters. The zero-order chi connectivity index (χ0) is 12.7. The van der Waals surface area contributed by atoms with Crippen molar-refractivity contribution in [3.05, 3.63) is 17.5 Å². The van der Waals surface area contributed by atoms with Crippen molar-refractivity contribution >= 4 is 8.07 Å². The van der Waals surface area contributed by atoms with Gasteiger partial charge in [-0.1, -0.05) is 19.6 Å². The van der Waals surface area contributed by atoms with Gasteiger partial charge in [-0.3, -0.25) is 0 Å². The van der Waals surface area contributed by atoms with Gasteiger partial charge in [-0.25, -0.2) is 0 Å². The van der Waals surface area contributed by atoms with Crippen LogP contribution in [-0.4, -0.2) is 20.3 Å². The quantitative estimate of drug-likeness (QED) is 0.382. The van der Waals surface area contributed by atoms with Crippen LogP contribution in [0, 0.1) is 5.70 Å². The van der Waals surface area contributed by atoms with Crippen molar-refractivity contribution in [2.45, 2.75) is 65.3 Å². The summed E-state index contributed by atoms with van der Waals surface area (Å²) >= 11 is 0. The van der Waals surface area contributed by atoms with Crippen molar-refractivity contribution in [1.82, 2.24) is 0 Å². The molecule has 0 aliphatic heterocycles. The summed E-state index contributed by atoms with van der Waals surface area (Å²) in [5.41, 5.74) is 6.52. The summed E-state index contributed by atoms with van der Waals surface area (Å²) in [4.78, 5) is 0. The molecule has 0 unspecified atom stereocenters. The molecule has 0 amide bonds. The van der Waals surface area contributed by atoms with Crippen molar-refractivity contribution in [3.63, 3.8) is 0 Å². The van der Waals surface area contributed by atoms with Crippen LogP contribution in [0.5, 0.6) is 0 Å². The van der Waals surface area contributed by atoms with Gasteiger partial charge in [0.1, 0.15) is 0 Å². The molecule has 0 spiro atoms. The van der Waals surface area contributed by atoms with E-state index in [9.17, 15) is 0 Å². The van der Waals surface area contributed by atoms with Crippen molar-refractivity contribution in [1.29, 1.82) is 0 Å². The third-order valence-electron chi connectivity index (χ3n) is 1.83. The molecule has 4 heteroatoms. The smallest absolute Gasteiger partial charge is 0.0882 e. The molecule has 18 heavy (non-hydrogen) atoms. The Hall–Kier alpha value is 0.800. The van der Waals surface area contributed by atoms with Gasteiger partial charge in [0.25, 0.3) is 0 Å². The topological polar surface area (TPSA) is 9.23 Å². The maximum Gasteiger partial charge on any atom is 0.0882 e.